The summed E-state index contributed by atoms with van der Waals surface area (Å²) in [5, 5.41) is 1.35. The fraction of sp³-hybridized carbons (Fsp3) is 0.591. The molecule has 212 valence electrons. The van der Waals surface area contributed by atoms with Crippen LogP contribution in [0.15, 0.2) is 12.7 Å². The van der Waals surface area contributed by atoms with Gasteiger partial charge in [0.05, 0.1) is 6.33 Å². The second-order valence-corrected chi connectivity index (χ2v) is 9.26. The number of methoxy groups -OCH3 is 2. The summed E-state index contributed by atoms with van der Waals surface area (Å²) in [6, 6.07) is -1.31. The van der Waals surface area contributed by atoms with Crippen LogP contribution in [0, 0.1) is 0 Å². The van der Waals surface area contributed by atoms with Crippen LogP contribution in [0.1, 0.15) is 20.8 Å². The fourth-order valence-corrected chi connectivity index (χ4v) is 5.48. The molecule has 0 bridgehead atoms. The average Bonchev–Trinajstić information content (AvgIpc) is 3.50. The zero-order chi connectivity index (χ0) is 28.7. The lowest BCUT2D eigenvalue weighted by Gasteiger charge is -2.41. The number of carbonyl (C=O) groups excluding carboxylic acids is 4. The predicted molar refractivity (Wildman–Crippen MR) is 129 cm³/mol. The predicted octanol–water partition coefficient (Wildman–Crippen LogP) is -1.02. The van der Waals surface area contributed by atoms with Gasteiger partial charge in [0.25, 0.3) is 11.7 Å². The minimum atomic E-state index is -2.03. The number of nitrogens with one attached hydrogen (secondary N) is 1. The lowest BCUT2D eigenvalue weighted by atomic mass is 9.91. The van der Waals surface area contributed by atoms with Crippen LogP contribution in [0.2, 0.25) is 0 Å². The molecule has 2 saturated heterocycles. The van der Waals surface area contributed by atoms with E-state index in [0.717, 1.165) is 13.8 Å². The van der Waals surface area contributed by atoms with Gasteiger partial charge >= 0.3 is 17.9 Å². The standard InChI is InChI=1S/C22H27ClN6O10/c1-9(30)36-6-12-14(37-10(2)31)17(38-11(3)32)21(39-12,16-15(23)22(34-4,35-5)20(33)28-16)29-8-27-13-18(24)25-7-26-19(13)29/h7-8,12,14-17H,6H2,1-5H3,(H,28,33)(H2,24,25,26)/t12-,14-,15?,16?,17-,21-/m1/s1. The molecule has 2 aromatic rings. The fourth-order valence-electron chi connectivity index (χ4n) is 4.96. The highest BCUT2D eigenvalue weighted by molar-refractivity contribution is 6.25. The maximum absolute atomic E-state index is 13.2. The Hall–Kier alpha value is -3.60. The van der Waals surface area contributed by atoms with E-state index in [4.69, 9.17) is 45.8 Å². The van der Waals surface area contributed by atoms with E-state index in [1.165, 1.54) is 38.4 Å². The number of alkyl halides is 1. The second-order valence-electron chi connectivity index (χ2n) is 8.79. The molecule has 0 spiro atoms. The second kappa shape index (κ2) is 10.5. The van der Waals surface area contributed by atoms with Crippen LogP contribution < -0.4 is 11.1 Å². The van der Waals surface area contributed by atoms with E-state index in [1.807, 2.05) is 0 Å². The van der Waals surface area contributed by atoms with Crippen molar-refractivity contribution >= 4 is 52.4 Å². The van der Waals surface area contributed by atoms with Crippen molar-refractivity contribution in [2.45, 2.75) is 62.0 Å². The summed E-state index contributed by atoms with van der Waals surface area (Å²) < 4.78 is 35.0. The third kappa shape index (κ3) is 4.52. The Morgan fingerprint density at radius 1 is 1.10 bits per heavy atom. The summed E-state index contributed by atoms with van der Waals surface area (Å²) in [6.45, 7) is 3.01. The van der Waals surface area contributed by atoms with E-state index in [-0.39, 0.29) is 17.0 Å². The van der Waals surface area contributed by atoms with E-state index in [1.54, 1.807) is 0 Å². The largest absolute Gasteiger partial charge is 0.463 e. The first-order chi connectivity index (χ1) is 18.4. The highest BCUT2D eigenvalue weighted by atomic mass is 35.5. The van der Waals surface area contributed by atoms with Crippen LogP contribution in [0.4, 0.5) is 5.82 Å². The topological polar surface area (TPSA) is 205 Å². The van der Waals surface area contributed by atoms with E-state index in [0.29, 0.717) is 0 Å². The molecule has 2 aliphatic heterocycles. The molecule has 39 heavy (non-hydrogen) atoms. The molecule has 2 fully saturated rings. The number of nitrogens with zero attached hydrogens (tertiary/aromatic N) is 4. The van der Waals surface area contributed by atoms with Gasteiger partial charge in [-0.05, 0) is 0 Å². The first kappa shape index (κ1) is 28.4. The third-order valence-electron chi connectivity index (χ3n) is 6.51. The number of nitrogen functional groups attached to an aromatic ring is 1. The molecule has 16 nitrogen and oxygen atoms in total. The van der Waals surface area contributed by atoms with Crippen LogP contribution in [0.25, 0.3) is 11.2 Å². The molecule has 4 heterocycles. The highest BCUT2D eigenvalue weighted by Gasteiger charge is 2.72. The molecule has 0 aliphatic carbocycles. The number of hydrogen-bond donors (Lipinski definition) is 2. The molecule has 17 heteroatoms. The number of amides is 1. The van der Waals surface area contributed by atoms with Gasteiger partial charge in [-0.2, -0.15) is 0 Å². The van der Waals surface area contributed by atoms with Crippen molar-refractivity contribution in [2.24, 2.45) is 0 Å². The Kier molecular flexibility index (Phi) is 7.66. The van der Waals surface area contributed by atoms with Gasteiger partial charge in [-0.3, -0.25) is 23.7 Å². The Morgan fingerprint density at radius 3 is 2.33 bits per heavy atom. The maximum Gasteiger partial charge on any atom is 0.303 e. The molecule has 3 N–H and O–H groups in total. The van der Waals surface area contributed by atoms with E-state index < -0.39 is 71.7 Å². The van der Waals surface area contributed by atoms with Crippen LogP contribution in [0.3, 0.4) is 0 Å². The first-order valence-corrected chi connectivity index (χ1v) is 12.0. The quantitative estimate of drug-likeness (QED) is 0.169. The van der Waals surface area contributed by atoms with Crippen LogP contribution >= 0.6 is 11.6 Å². The summed E-state index contributed by atoms with van der Waals surface area (Å²) in [6.07, 6.45) is -1.66. The van der Waals surface area contributed by atoms with Crippen LogP contribution in [-0.4, -0.2) is 99.7 Å². The van der Waals surface area contributed by atoms with Crippen molar-refractivity contribution in [3.05, 3.63) is 12.7 Å². The normalized spacial score (nSPS) is 29.7. The molecule has 2 unspecified atom stereocenters. The van der Waals surface area contributed by atoms with Crippen LogP contribution in [0.5, 0.6) is 0 Å². The minimum absolute atomic E-state index is 0.0185. The van der Waals surface area contributed by atoms with Gasteiger partial charge < -0.3 is 39.5 Å². The van der Waals surface area contributed by atoms with E-state index in [9.17, 15) is 19.2 Å². The van der Waals surface area contributed by atoms with Crippen molar-refractivity contribution < 1.29 is 47.6 Å². The molecule has 0 saturated carbocycles. The van der Waals surface area contributed by atoms with E-state index >= 15 is 0 Å². The maximum atomic E-state index is 13.2. The number of hydrogen-bond acceptors (Lipinski definition) is 14. The Labute approximate surface area is 226 Å². The number of rotatable bonds is 8. The Bertz CT molecular complexity index is 1300. The van der Waals surface area contributed by atoms with Gasteiger partial charge in [-0.1, -0.05) is 0 Å². The zero-order valence-corrected chi connectivity index (χ0v) is 22.3. The van der Waals surface area contributed by atoms with Gasteiger partial charge in [0.15, 0.2) is 23.7 Å². The van der Waals surface area contributed by atoms with Crippen molar-refractivity contribution in [1.29, 1.82) is 0 Å². The number of aromatic nitrogens is 4. The van der Waals surface area contributed by atoms with Gasteiger partial charge in [-0.25, -0.2) is 15.0 Å². The number of carbonyl (C=O) groups is 4. The number of anilines is 1. The highest BCUT2D eigenvalue weighted by Crippen LogP contribution is 2.49. The van der Waals surface area contributed by atoms with Crippen molar-refractivity contribution in [2.75, 3.05) is 26.6 Å². The van der Waals surface area contributed by atoms with Crippen molar-refractivity contribution in [3.63, 3.8) is 0 Å². The molecule has 0 aromatic carbocycles. The molecule has 1 amide bonds. The molecule has 2 aromatic heterocycles. The number of nitrogens with two attached hydrogens (primary N) is 1. The molecule has 6 atom stereocenters. The van der Waals surface area contributed by atoms with Gasteiger partial charge in [0.2, 0.25) is 5.72 Å². The van der Waals surface area contributed by atoms with Gasteiger partial charge in [0, 0.05) is 35.0 Å². The summed E-state index contributed by atoms with van der Waals surface area (Å²) >= 11 is 6.86. The lowest BCUT2D eigenvalue weighted by molar-refractivity contribution is -0.210. The summed E-state index contributed by atoms with van der Waals surface area (Å²) in [4.78, 5) is 62.0. The minimum Gasteiger partial charge on any atom is -0.463 e. The number of imidazole rings is 1. The Morgan fingerprint density at radius 2 is 1.77 bits per heavy atom. The van der Waals surface area contributed by atoms with Crippen molar-refractivity contribution in [3.8, 4) is 0 Å². The lowest BCUT2D eigenvalue weighted by Crippen LogP contribution is -2.62. The molecular weight excluding hydrogens is 544 g/mol. The van der Waals surface area contributed by atoms with Gasteiger partial charge in [0.1, 0.15) is 36.0 Å². The number of esters is 3. The third-order valence-corrected chi connectivity index (χ3v) is 7.05. The first-order valence-electron chi connectivity index (χ1n) is 11.6. The number of halogens is 1. The number of ether oxygens (including phenoxy) is 6. The van der Waals surface area contributed by atoms with Crippen molar-refractivity contribution in [1.82, 2.24) is 24.8 Å². The van der Waals surface area contributed by atoms with Gasteiger partial charge in [-0.15, -0.1) is 11.6 Å². The average molecular weight is 571 g/mol. The monoisotopic (exact) mass is 570 g/mol. The number of fused-ring (bicyclic) bond motifs is 1. The summed E-state index contributed by atoms with van der Waals surface area (Å²) in [5.74, 6) is -4.96. The smallest absolute Gasteiger partial charge is 0.303 e. The Balaban J connectivity index is 2.02. The summed E-state index contributed by atoms with van der Waals surface area (Å²) in [5.41, 5.74) is 4.21. The summed E-state index contributed by atoms with van der Waals surface area (Å²) in [7, 11) is 2.44. The zero-order valence-electron chi connectivity index (χ0n) is 21.6. The molecular formula is C22H27ClN6O10. The molecule has 4 rings (SSSR count). The SMILES string of the molecule is COC1(OC)C(=O)NC([C@@]2(n3cnc4c(N)ncnc43)O[C@H](COC(C)=O)[C@@H](OC(C)=O)[C@H]2OC(C)=O)C1Cl. The molecule has 0 radical (unpaired) electrons. The van der Waals surface area contributed by atoms with Crippen LogP contribution in [-0.2, 0) is 53.3 Å². The van der Waals surface area contributed by atoms with E-state index in [2.05, 4.69) is 20.3 Å². The molecule has 2 aliphatic rings.